The van der Waals surface area contributed by atoms with Gasteiger partial charge in [0.25, 0.3) is 0 Å². The lowest BCUT2D eigenvalue weighted by molar-refractivity contribution is -0.385. The van der Waals surface area contributed by atoms with E-state index in [9.17, 15) is 14.9 Å². The van der Waals surface area contributed by atoms with Gasteiger partial charge < -0.3 is 4.74 Å². The normalized spacial score (nSPS) is 11.2. The van der Waals surface area contributed by atoms with Gasteiger partial charge in [0.1, 0.15) is 18.1 Å². The van der Waals surface area contributed by atoms with Crippen molar-refractivity contribution in [2.24, 2.45) is 0 Å². The Balaban J connectivity index is 1.77. The monoisotopic (exact) mass is 405 g/mol. The number of aromatic nitrogens is 2. The van der Waals surface area contributed by atoms with Gasteiger partial charge in [0.2, 0.25) is 0 Å². The second-order valence-electron chi connectivity index (χ2n) is 7.20. The SMILES string of the molecule is COc1ccc(/C=C/C(=O)c2ccc(C(C)C)cc2)cc1Cn1cc([N+](=O)[O-])cn1. The van der Waals surface area contributed by atoms with E-state index in [2.05, 4.69) is 18.9 Å². The number of benzene rings is 2. The number of carbonyl (C=O) groups is 1. The van der Waals surface area contributed by atoms with Crippen LogP contribution in [0, 0.1) is 10.1 Å². The molecule has 0 aliphatic rings. The highest BCUT2D eigenvalue weighted by atomic mass is 16.6. The minimum absolute atomic E-state index is 0.0703. The van der Waals surface area contributed by atoms with E-state index in [0.717, 1.165) is 11.1 Å². The summed E-state index contributed by atoms with van der Waals surface area (Å²) >= 11 is 0. The molecule has 7 heteroatoms. The van der Waals surface area contributed by atoms with Crippen molar-refractivity contribution in [3.63, 3.8) is 0 Å². The number of allylic oxidation sites excluding steroid dienone is 1. The number of nitro groups is 1. The van der Waals surface area contributed by atoms with Crippen molar-refractivity contribution in [1.82, 2.24) is 9.78 Å². The number of nitrogens with zero attached hydrogens (tertiary/aromatic N) is 3. The summed E-state index contributed by atoms with van der Waals surface area (Å²) in [6.45, 7) is 4.53. The maximum atomic E-state index is 12.5. The molecule has 0 amide bonds. The first-order valence-electron chi connectivity index (χ1n) is 9.53. The molecule has 0 radical (unpaired) electrons. The summed E-state index contributed by atoms with van der Waals surface area (Å²) in [5.74, 6) is 0.977. The Hall–Kier alpha value is -3.74. The van der Waals surface area contributed by atoms with Crippen LogP contribution in [0.25, 0.3) is 6.08 Å². The maximum Gasteiger partial charge on any atom is 0.307 e. The van der Waals surface area contributed by atoms with E-state index >= 15 is 0 Å². The number of carbonyl (C=O) groups excluding carboxylic acids is 1. The highest BCUT2D eigenvalue weighted by Gasteiger charge is 2.11. The molecular formula is C23H23N3O4. The molecule has 0 N–H and O–H groups in total. The molecule has 0 bridgehead atoms. The summed E-state index contributed by atoms with van der Waals surface area (Å²) in [4.78, 5) is 22.8. The molecule has 0 spiro atoms. The predicted octanol–water partition coefficient (Wildman–Crippen LogP) is 4.87. The van der Waals surface area contributed by atoms with Gasteiger partial charge in [-0.15, -0.1) is 0 Å². The Labute approximate surface area is 174 Å². The Morgan fingerprint density at radius 2 is 1.97 bits per heavy atom. The molecule has 2 aromatic carbocycles. The molecule has 3 aromatic rings. The molecule has 7 nitrogen and oxygen atoms in total. The van der Waals surface area contributed by atoms with E-state index in [4.69, 9.17) is 4.74 Å². The largest absolute Gasteiger partial charge is 0.496 e. The quantitative estimate of drug-likeness (QED) is 0.231. The van der Waals surface area contributed by atoms with E-state index in [1.54, 1.807) is 19.3 Å². The first kappa shape index (κ1) is 21.0. The van der Waals surface area contributed by atoms with Crippen molar-refractivity contribution < 1.29 is 14.5 Å². The minimum Gasteiger partial charge on any atom is -0.496 e. The van der Waals surface area contributed by atoms with Crippen molar-refractivity contribution in [2.75, 3.05) is 7.11 Å². The maximum absolute atomic E-state index is 12.5. The second-order valence-corrected chi connectivity index (χ2v) is 7.20. The first-order valence-corrected chi connectivity index (χ1v) is 9.53. The molecular weight excluding hydrogens is 382 g/mol. The van der Waals surface area contributed by atoms with Crippen LogP contribution in [0.1, 0.15) is 46.8 Å². The Kier molecular flexibility index (Phi) is 6.41. The smallest absolute Gasteiger partial charge is 0.307 e. The summed E-state index contributed by atoms with van der Waals surface area (Å²) in [5.41, 5.74) is 3.37. The average Bonchev–Trinajstić information content (AvgIpc) is 3.21. The number of ketones is 1. The highest BCUT2D eigenvalue weighted by molar-refractivity contribution is 6.06. The van der Waals surface area contributed by atoms with Gasteiger partial charge in [-0.3, -0.25) is 19.6 Å². The molecule has 1 heterocycles. The first-order chi connectivity index (χ1) is 14.4. The van der Waals surface area contributed by atoms with Crippen LogP contribution >= 0.6 is 0 Å². The van der Waals surface area contributed by atoms with E-state index < -0.39 is 4.92 Å². The Bertz CT molecular complexity index is 1080. The molecule has 0 fully saturated rings. The lowest BCUT2D eigenvalue weighted by atomic mass is 10.00. The zero-order valence-corrected chi connectivity index (χ0v) is 17.1. The molecule has 30 heavy (non-hydrogen) atoms. The minimum atomic E-state index is -0.487. The molecule has 3 rings (SSSR count). The van der Waals surface area contributed by atoms with Crippen LogP contribution in [-0.4, -0.2) is 27.6 Å². The van der Waals surface area contributed by atoms with Crippen molar-refractivity contribution in [3.05, 3.63) is 93.3 Å². The second kappa shape index (κ2) is 9.17. The molecule has 0 atom stereocenters. The predicted molar refractivity (Wildman–Crippen MR) is 115 cm³/mol. The van der Waals surface area contributed by atoms with Crippen molar-refractivity contribution in [3.8, 4) is 5.75 Å². The zero-order valence-electron chi connectivity index (χ0n) is 17.1. The third-order valence-electron chi connectivity index (χ3n) is 4.76. The summed E-state index contributed by atoms with van der Waals surface area (Å²) in [6.07, 6.45) is 5.85. The third kappa shape index (κ3) is 5.00. The standard InChI is InChI=1S/C23H23N3O4/c1-16(2)18-6-8-19(9-7-18)22(27)10-4-17-5-11-23(30-3)20(12-17)14-25-15-21(13-24-25)26(28)29/h4-13,15-16H,14H2,1-3H3/b10-4+. The van der Waals surface area contributed by atoms with Crippen LogP contribution in [-0.2, 0) is 6.54 Å². The lowest BCUT2D eigenvalue weighted by Crippen LogP contribution is -2.02. The van der Waals surface area contributed by atoms with E-state index in [1.807, 2.05) is 36.4 Å². The van der Waals surface area contributed by atoms with Crippen LogP contribution in [0.3, 0.4) is 0 Å². The number of hydrogen-bond donors (Lipinski definition) is 0. The summed E-state index contributed by atoms with van der Waals surface area (Å²) < 4.78 is 6.86. The summed E-state index contributed by atoms with van der Waals surface area (Å²) in [6, 6.07) is 13.1. The molecule has 0 aliphatic heterocycles. The molecule has 0 unspecified atom stereocenters. The van der Waals surface area contributed by atoms with Crippen LogP contribution in [0.2, 0.25) is 0 Å². The van der Waals surface area contributed by atoms with Gasteiger partial charge >= 0.3 is 5.69 Å². The van der Waals surface area contributed by atoms with E-state index in [0.29, 0.717) is 23.8 Å². The van der Waals surface area contributed by atoms with Crippen LogP contribution in [0.4, 0.5) is 5.69 Å². The Morgan fingerprint density at radius 1 is 1.23 bits per heavy atom. The van der Waals surface area contributed by atoms with Gasteiger partial charge in [-0.05, 0) is 35.3 Å². The van der Waals surface area contributed by atoms with E-state index in [-0.39, 0.29) is 11.5 Å². The Morgan fingerprint density at radius 3 is 2.57 bits per heavy atom. The van der Waals surface area contributed by atoms with Gasteiger partial charge in [-0.25, -0.2) is 0 Å². The number of hydrogen-bond acceptors (Lipinski definition) is 5. The molecule has 1 aromatic heterocycles. The molecule has 0 aliphatic carbocycles. The van der Waals surface area contributed by atoms with Gasteiger partial charge in [0, 0.05) is 11.1 Å². The fourth-order valence-electron chi connectivity index (χ4n) is 3.03. The number of methoxy groups -OCH3 is 1. The molecule has 0 saturated heterocycles. The molecule has 0 saturated carbocycles. The fourth-order valence-corrected chi connectivity index (χ4v) is 3.03. The summed E-state index contributed by atoms with van der Waals surface area (Å²) in [5, 5.41) is 14.9. The van der Waals surface area contributed by atoms with Crippen molar-refractivity contribution in [2.45, 2.75) is 26.3 Å². The average molecular weight is 405 g/mol. The number of ether oxygens (including phenoxy) is 1. The van der Waals surface area contributed by atoms with Gasteiger partial charge in [-0.1, -0.05) is 50.3 Å². The summed E-state index contributed by atoms with van der Waals surface area (Å²) in [7, 11) is 1.56. The van der Waals surface area contributed by atoms with Crippen molar-refractivity contribution in [1.29, 1.82) is 0 Å². The van der Waals surface area contributed by atoms with E-state index in [1.165, 1.54) is 28.7 Å². The zero-order chi connectivity index (χ0) is 21.7. The van der Waals surface area contributed by atoms with Gasteiger partial charge in [0.05, 0.1) is 18.6 Å². The third-order valence-corrected chi connectivity index (χ3v) is 4.76. The highest BCUT2D eigenvalue weighted by Crippen LogP contribution is 2.23. The van der Waals surface area contributed by atoms with Crippen molar-refractivity contribution >= 4 is 17.5 Å². The topological polar surface area (TPSA) is 87.3 Å². The fraction of sp³-hybridized carbons (Fsp3) is 0.217. The number of rotatable bonds is 8. The van der Waals surface area contributed by atoms with Crippen LogP contribution in [0.5, 0.6) is 5.75 Å². The van der Waals surface area contributed by atoms with Gasteiger partial charge in [0.15, 0.2) is 5.78 Å². The van der Waals surface area contributed by atoms with Crippen LogP contribution < -0.4 is 4.74 Å². The van der Waals surface area contributed by atoms with Gasteiger partial charge in [-0.2, -0.15) is 5.10 Å². The van der Waals surface area contributed by atoms with Crippen LogP contribution in [0.15, 0.2) is 60.9 Å². The molecule has 154 valence electrons. The lowest BCUT2D eigenvalue weighted by Gasteiger charge is -2.09.